The Morgan fingerprint density at radius 2 is 1.42 bits per heavy atom. The third-order valence-electron chi connectivity index (χ3n) is 6.79. The fourth-order valence-electron chi connectivity index (χ4n) is 4.66. The van der Waals surface area contributed by atoms with Gasteiger partial charge in [0.1, 0.15) is 11.6 Å². The molecule has 0 spiro atoms. The van der Waals surface area contributed by atoms with Crippen molar-refractivity contribution in [3.05, 3.63) is 102 Å². The molecule has 0 atom stereocenters. The van der Waals surface area contributed by atoms with E-state index in [1.807, 2.05) is 41.3 Å². The number of anilines is 1. The van der Waals surface area contributed by atoms with Crippen LogP contribution < -0.4 is 4.90 Å². The molecule has 1 aliphatic rings. The first-order chi connectivity index (χ1) is 18.7. The van der Waals surface area contributed by atoms with E-state index in [9.17, 15) is 0 Å². The lowest BCUT2D eigenvalue weighted by atomic mass is 10.1. The molecule has 0 unspecified atom stereocenters. The Hall–Kier alpha value is -3.89. The van der Waals surface area contributed by atoms with Gasteiger partial charge in [0, 0.05) is 50.2 Å². The molecule has 1 saturated heterocycles. The van der Waals surface area contributed by atoms with Crippen LogP contribution in [0.5, 0.6) is 0 Å². The number of hydrogen-bond donors (Lipinski definition) is 1. The molecule has 38 heavy (non-hydrogen) atoms. The molecule has 0 aliphatic carbocycles. The highest BCUT2D eigenvalue weighted by Gasteiger charge is 2.17. The van der Waals surface area contributed by atoms with Crippen LogP contribution in [0.4, 0.5) is 5.69 Å². The second-order valence-electron chi connectivity index (χ2n) is 9.32. The lowest BCUT2D eigenvalue weighted by Gasteiger charge is -2.36. The van der Waals surface area contributed by atoms with Crippen molar-refractivity contribution in [1.82, 2.24) is 24.9 Å². The Morgan fingerprint density at radius 3 is 2.13 bits per heavy atom. The smallest absolute Gasteiger partial charge is 0.151 e. The van der Waals surface area contributed by atoms with Crippen LogP contribution in [0, 0.1) is 0 Å². The summed E-state index contributed by atoms with van der Waals surface area (Å²) >= 11 is 1.52. The molecule has 2 aromatic heterocycles. The minimum Gasteiger partial charge on any atom is -0.369 e. The van der Waals surface area contributed by atoms with Gasteiger partial charge >= 0.3 is 0 Å². The van der Waals surface area contributed by atoms with Gasteiger partial charge in [0.25, 0.3) is 0 Å². The van der Waals surface area contributed by atoms with Gasteiger partial charge in [0.2, 0.25) is 0 Å². The largest absolute Gasteiger partial charge is 0.369 e. The van der Waals surface area contributed by atoms with Crippen LogP contribution in [0.25, 0.3) is 26.8 Å². The highest BCUT2D eigenvalue weighted by Crippen LogP contribution is 2.30. The Kier molecular flexibility index (Phi) is 7.23. The first kappa shape index (κ1) is 24.4. The summed E-state index contributed by atoms with van der Waals surface area (Å²) in [4.78, 5) is 9.17. The van der Waals surface area contributed by atoms with E-state index in [4.69, 9.17) is 5.26 Å². The molecular formula is C29H28N6O2S. The van der Waals surface area contributed by atoms with Gasteiger partial charge in [0.05, 0.1) is 17.4 Å². The number of para-hydroxylation sites is 1. The summed E-state index contributed by atoms with van der Waals surface area (Å²) in [6, 6.07) is 27.0. The zero-order valence-corrected chi connectivity index (χ0v) is 21.7. The van der Waals surface area contributed by atoms with Crippen LogP contribution in [0.3, 0.4) is 0 Å². The third kappa shape index (κ3) is 5.51. The van der Waals surface area contributed by atoms with Gasteiger partial charge in [-0.3, -0.25) is 10.2 Å². The van der Waals surface area contributed by atoms with Crippen molar-refractivity contribution in [2.75, 3.05) is 31.1 Å². The molecule has 9 heteroatoms. The van der Waals surface area contributed by atoms with Gasteiger partial charge in [-0.15, -0.1) is 10.2 Å². The fourth-order valence-corrected chi connectivity index (χ4v) is 5.49. The molecule has 6 rings (SSSR count). The van der Waals surface area contributed by atoms with Gasteiger partial charge in [-0.05, 0) is 35.4 Å². The minimum absolute atomic E-state index is 0.160. The molecule has 3 aromatic carbocycles. The Morgan fingerprint density at radius 1 is 0.737 bits per heavy atom. The van der Waals surface area contributed by atoms with E-state index in [2.05, 4.69) is 84.6 Å². The molecule has 1 aliphatic heterocycles. The maximum absolute atomic E-state index is 8.61. The first-order valence-electron chi connectivity index (χ1n) is 12.6. The van der Waals surface area contributed by atoms with E-state index in [0.717, 1.165) is 65.1 Å². The predicted octanol–water partition coefficient (Wildman–Crippen LogP) is 5.37. The third-order valence-corrected chi connectivity index (χ3v) is 7.81. The molecule has 0 amide bonds. The number of piperazine rings is 1. The molecule has 1 N–H and O–H groups in total. The van der Waals surface area contributed by atoms with Crippen molar-refractivity contribution >= 4 is 17.0 Å². The van der Waals surface area contributed by atoms with Crippen LogP contribution in [0.2, 0.25) is 0 Å². The summed E-state index contributed by atoms with van der Waals surface area (Å²) in [5, 5.41) is 23.5. The Bertz CT molecular complexity index is 1460. The van der Waals surface area contributed by atoms with E-state index in [0.29, 0.717) is 0 Å². The number of rotatable bonds is 8. The number of hydrogen-bond acceptors (Lipinski definition) is 8. The molecule has 0 radical (unpaired) electrons. The molecule has 1 fully saturated rings. The van der Waals surface area contributed by atoms with Crippen molar-refractivity contribution < 1.29 is 10.1 Å². The predicted molar refractivity (Wildman–Crippen MR) is 149 cm³/mol. The Labute approximate surface area is 225 Å². The normalized spacial score (nSPS) is 14.2. The maximum Gasteiger partial charge on any atom is 0.151 e. The van der Waals surface area contributed by atoms with Gasteiger partial charge in [-0.2, -0.15) is 5.10 Å². The maximum atomic E-state index is 8.61. The highest BCUT2D eigenvalue weighted by molar-refractivity contribution is 7.17. The summed E-state index contributed by atoms with van der Waals surface area (Å²) in [5.41, 5.74) is 6.42. The van der Waals surface area contributed by atoms with Gasteiger partial charge in [0.15, 0.2) is 5.01 Å². The van der Waals surface area contributed by atoms with Crippen LogP contribution in [0.1, 0.15) is 11.1 Å². The summed E-state index contributed by atoms with van der Waals surface area (Å²) in [6.07, 6.45) is 3.82. The van der Waals surface area contributed by atoms with E-state index in [1.165, 1.54) is 22.6 Å². The molecule has 0 bridgehead atoms. The van der Waals surface area contributed by atoms with Crippen LogP contribution >= 0.6 is 11.3 Å². The summed E-state index contributed by atoms with van der Waals surface area (Å²) in [5.74, 6) is 0. The Balaban J connectivity index is 1.07. The van der Waals surface area contributed by atoms with Crippen LogP contribution in [-0.2, 0) is 18.0 Å². The average molecular weight is 525 g/mol. The monoisotopic (exact) mass is 524 g/mol. The zero-order valence-electron chi connectivity index (χ0n) is 20.8. The van der Waals surface area contributed by atoms with E-state index >= 15 is 0 Å². The molecule has 0 saturated carbocycles. The standard InChI is InChI=1S/C29H28N6O2S/c36-37-21-23-6-10-24(11-7-23)28-31-32-29(38-28)25-18-30-35(20-25)27-12-8-22(9-13-27)19-33-14-16-34(17-15-33)26-4-2-1-3-5-26/h1-13,18,20,36H,14-17,19,21H2. The molecule has 192 valence electrons. The lowest BCUT2D eigenvalue weighted by Crippen LogP contribution is -2.45. The second kappa shape index (κ2) is 11.2. The minimum atomic E-state index is 0.160. The lowest BCUT2D eigenvalue weighted by molar-refractivity contribution is -0.253. The number of aromatic nitrogens is 4. The summed E-state index contributed by atoms with van der Waals surface area (Å²) in [7, 11) is 0. The van der Waals surface area contributed by atoms with Crippen LogP contribution in [-0.4, -0.2) is 56.3 Å². The van der Waals surface area contributed by atoms with Crippen molar-refractivity contribution in [2.45, 2.75) is 13.2 Å². The molecule has 5 aromatic rings. The van der Waals surface area contributed by atoms with Crippen molar-refractivity contribution in [3.63, 3.8) is 0 Å². The molecular weight excluding hydrogens is 496 g/mol. The topological polar surface area (TPSA) is 79.5 Å². The van der Waals surface area contributed by atoms with Crippen LogP contribution in [0.15, 0.2) is 91.3 Å². The summed E-state index contributed by atoms with van der Waals surface area (Å²) < 4.78 is 1.88. The van der Waals surface area contributed by atoms with Crippen molar-refractivity contribution in [2.24, 2.45) is 0 Å². The quantitative estimate of drug-likeness (QED) is 0.216. The van der Waals surface area contributed by atoms with Crippen molar-refractivity contribution in [3.8, 4) is 26.8 Å². The first-order valence-corrected chi connectivity index (χ1v) is 13.4. The highest BCUT2D eigenvalue weighted by atomic mass is 32.1. The summed E-state index contributed by atoms with van der Waals surface area (Å²) in [6.45, 7) is 5.34. The number of benzene rings is 3. The van der Waals surface area contributed by atoms with Gasteiger partial charge in [-0.1, -0.05) is 65.9 Å². The molecule has 3 heterocycles. The number of nitrogens with zero attached hydrogens (tertiary/aromatic N) is 6. The fraction of sp³-hybridized carbons (Fsp3) is 0.207. The molecule has 8 nitrogen and oxygen atoms in total. The van der Waals surface area contributed by atoms with E-state index in [-0.39, 0.29) is 6.61 Å². The van der Waals surface area contributed by atoms with E-state index < -0.39 is 0 Å². The average Bonchev–Trinajstić information content (AvgIpc) is 3.66. The van der Waals surface area contributed by atoms with E-state index in [1.54, 1.807) is 0 Å². The second-order valence-corrected chi connectivity index (χ2v) is 10.3. The van der Waals surface area contributed by atoms with Crippen molar-refractivity contribution in [1.29, 1.82) is 0 Å². The SMILES string of the molecule is OOCc1ccc(-c2nnc(-c3cnn(-c4ccc(CN5CCN(c6ccccc6)CC5)cc4)c3)s2)cc1. The zero-order chi connectivity index (χ0) is 25.7. The van der Waals surface area contributed by atoms with Gasteiger partial charge in [-0.25, -0.2) is 9.57 Å². The van der Waals surface area contributed by atoms with Gasteiger partial charge < -0.3 is 4.90 Å².